The second-order valence-corrected chi connectivity index (χ2v) is 6.28. The number of nitrogens with one attached hydrogen (secondary N) is 1. The molecule has 0 unspecified atom stereocenters. The van der Waals surface area contributed by atoms with Gasteiger partial charge in [-0.3, -0.25) is 0 Å². The van der Waals surface area contributed by atoms with Crippen molar-refractivity contribution in [3.05, 3.63) is 11.3 Å². The summed E-state index contributed by atoms with van der Waals surface area (Å²) in [7, 11) is 0. The molecule has 0 spiro atoms. The number of rotatable bonds is 4. The summed E-state index contributed by atoms with van der Waals surface area (Å²) >= 11 is 1.25. The minimum Gasteiger partial charge on any atom is -0.478 e. The van der Waals surface area contributed by atoms with Crippen LogP contribution in [-0.2, 0) is 0 Å². The fourth-order valence-corrected chi connectivity index (χ4v) is 3.40. The van der Waals surface area contributed by atoms with Crippen LogP contribution in [0.4, 0.5) is 5.00 Å². The van der Waals surface area contributed by atoms with E-state index < -0.39 is 5.97 Å². The fraction of sp³-hybridized carbons (Fsp3) is 0.692. The lowest BCUT2D eigenvalue weighted by atomic mass is 9.76. The number of hydrogen-bond donors (Lipinski definition) is 2. The minimum absolute atomic E-state index is 0.298. The van der Waals surface area contributed by atoms with E-state index in [0.717, 1.165) is 6.54 Å². The van der Waals surface area contributed by atoms with Crippen LogP contribution < -0.4 is 5.32 Å². The molecule has 1 aliphatic carbocycles. The lowest BCUT2D eigenvalue weighted by Gasteiger charge is -2.33. The maximum Gasteiger partial charge on any atom is 0.340 e. The molecule has 100 valence electrons. The first-order chi connectivity index (χ1) is 8.52. The third-order valence-corrected chi connectivity index (χ3v) is 4.71. The van der Waals surface area contributed by atoms with Gasteiger partial charge in [-0.05, 0) is 36.7 Å². The quantitative estimate of drug-likeness (QED) is 0.877. The van der Waals surface area contributed by atoms with Gasteiger partial charge in [0, 0.05) is 6.54 Å². The van der Waals surface area contributed by atoms with Crippen molar-refractivity contribution in [3.63, 3.8) is 0 Å². The highest BCUT2D eigenvalue weighted by Gasteiger charge is 2.27. The van der Waals surface area contributed by atoms with Crippen LogP contribution in [0.3, 0.4) is 0 Å². The monoisotopic (exact) mass is 268 g/mol. The molecule has 1 aromatic heterocycles. The Morgan fingerprint density at radius 2 is 2.11 bits per heavy atom. The summed E-state index contributed by atoms with van der Waals surface area (Å²) in [5, 5.41) is 13.2. The molecule has 1 saturated carbocycles. The molecule has 4 nitrogen and oxygen atoms in total. The van der Waals surface area contributed by atoms with E-state index >= 15 is 0 Å². The van der Waals surface area contributed by atoms with Gasteiger partial charge in [-0.1, -0.05) is 26.2 Å². The Kier molecular flexibility index (Phi) is 3.90. The Bertz CT molecular complexity index is 436. The van der Waals surface area contributed by atoms with E-state index in [1.54, 1.807) is 6.92 Å². The number of aromatic carboxylic acids is 1. The molecule has 18 heavy (non-hydrogen) atoms. The first-order valence-electron chi connectivity index (χ1n) is 6.45. The summed E-state index contributed by atoms with van der Waals surface area (Å²) in [6.07, 6.45) is 6.34. The topological polar surface area (TPSA) is 62.2 Å². The molecule has 0 saturated heterocycles. The Labute approximate surface area is 112 Å². The molecule has 2 N–H and O–H groups in total. The van der Waals surface area contributed by atoms with Crippen molar-refractivity contribution in [2.24, 2.45) is 5.41 Å². The highest BCUT2D eigenvalue weighted by atomic mass is 32.1. The second-order valence-electron chi connectivity index (χ2n) is 5.50. The van der Waals surface area contributed by atoms with Crippen molar-refractivity contribution < 1.29 is 9.90 Å². The van der Waals surface area contributed by atoms with Gasteiger partial charge in [0.05, 0.1) is 5.69 Å². The Balaban J connectivity index is 2.04. The molecular weight excluding hydrogens is 248 g/mol. The molecule has 1 aliphatic rings. The molecule has 0 bridgehead atoms. The summed E-state index contributed by atoms with van der Waals surface area (Å²) in [4.78, 5) is 11.2. The number of carboxylic acid groups (broad SMARTS) is 1. The number of nitrogens with zero attached hydrogens (tertiary/aromatic N) is 1. The van der Waals surface area contributed by atoms with E-state index in [2.05, 4.69) is 16.6 Å². The highest BCUT2D eigenvalue weighted by molar-refractivity contribution is 7.10. The van der Waals surface area contributed by atoms with Crippen molar-refractivity contribution in [1.82, 2.24) is 4.37 Å². The van der Waals surface area contributed by atoms with Crippen molar-refractivity contribution >= 4 is 22.5 Å². The Morgan fingerprint density at radius 3 is 2.72 bits per heavy atom. The van der Waals surface area contributed by atoms with Crippen LogP contribution >= 0.6 is 11.5 Å². The van der Waals surface area contributed by atoms with Crippen LogP contribution in [0, 0.1) is 12.3 Å². The molecule has 1 fully saturated rings. The van der Waals surface area contributed by atoms with Gasteiger partial charge in [-0.2, -0.15) is 4.37 Å². The molecule has 1 aromatic rings. The van der Waals surface area contributed by atoms with Gasteiger partial charge in [-0.15, -0.1) is 0 Å². The van der Waals surface area contributed by atoms with E-state index in [0.29, 0.717) is 21.7 Å². The van der Waals surface area contributed by atoms with Crippen LogP contribution in [0.5, 0.6) is 0 Å². The highest BCUT2D eigenvalue weighted by Crippen LogP contribution is 2.36. The number of hydrogen-bond acceptors (Lipinski definition) is 4. The Morgan fingerprint density at radius 1 is 1.44 bits per heavy atom. The zero-order chi connectivity index (χ0) is 13.2. The predicted octanol–water partition coefficient (Wildman–Crippen LogP) is 3.53. The maximum atomic E-state index is 11.2. The van der Waals surface area contributed by atoms with Gasteiger partial charge in [0.15, 0.2) is 0 Å². The van der Waals surface area contributed by atoms with Crippen LogP contribution in [0.1, 0.15) is 55.1 Å². The summed E-state index contributed by atoms with van der Waals surface area (Å²) < 4.78 is 4.12. The first-order valence-corrected chi connectivity index (χ1v) is 7.23. The van der Waals surface area contributed by atoms with Gasteiger partial charge in [-0.25, -0.2) is 4.79 Å². The van der Waals surface area contributed by atoms with Crippen molar-refractivity contribution in [3.8, 4) is 0 Å². The molecule has 0 radical (unpaired) electrons. The second kappa shape index (κ2) is 5.26. The number of anilines is 1. The van der Waals surface area contributed by atoms with E-state index in [-0.39, 0.29) is 0 Å². The van der Waals surface area contributed by atoms with Gasteiger partial charge in [0.1, 0.15) is 10.6 Å². The molecule has 0 amide bonds. The SMILES string of the molecule is Cc1nsc(NCC2(C)CCCCC2)c1C(=O)O. The molecule has 5 heteroatoms. The third kappa shape index (κ3) is 2.83. The third-order valence-electron chi connectivity index (χ3n) is 3.81. The smallest absolute Gasteiger partial charge is 0.340 e. The zero-order valence-electron chi connectivity index (χ0n) is 11.0. The fourth-order valence-electron chi connectivity index (χ4n) is 2.62. The molecule has 1 heterocycles. The minimum atomic E-state index is -0.891. The Hall–Kier alpha value is -1.10. The number of carboxylic acids is 1. The van der Waals surface area contributed by atoms with E-state index in [4.69, 9.17) is 5.11 Å². The summed E-state index contributed by atoms with van der Waals surface area (Å²) in [5.74, 6) is -0.891. The molecule has 0 atom stereocenters. The molecule has 0 aliphatic heterocycles. The van der Waals surface area contributed by atoms with Gasteiger partial charge >= 0.3 is 5.97 Å². The zero-order valence-corrected chi connectivity index (χ0v) is 11.8. The van der Waals surface area contributed by atoms with Crippen molar-refractivity contribution in [1.29, 1.82) is 0 Å². The average Bonchev–Trinajstić information content (AvgIpc) is 2.69. The summed E-state index contributed by atoms with van der Waals surface area (Å²) in [5.41, 5.74) is 1.23. The van der Waals surface area contributed by atoms with Crippen molar-refractivity contribution in [2.45, 2.75) is 46.0 Å². The van der Waals surface area contributed by atoms with Crippen LogP contribution in [0.15, 0.2) is 0 Å². The normalized spacial score (nSPS) is 18.6. The van der Waals surface area contributed by atoms with Crippen LogP contribution in [0.2, 0.25) is 0 Å². The predicted molar refractivity (Wildman–Crippen MR) is 73.5 cm³/mol. The number of aromatic nitrogens is 1. The van der Waals surface area contributed by atoms with Gasteiger partial charge in [0.25, 0.3) is 0 Å². The average molecular weight is 268 g/mol. The van der Waals surface area contributed by atoms with E-state index in [1.165, 1.54) is 43.6 Å². The maximum absolute atomic E-state index is 11.2. The molecular formula is C13H20N2O2S. The molecule has 2 rings (SSSR count). The van der Waals surface area contributed by atoms with Crippen LogP contribution in [0.25, 0.3) is 0 Å². The van der Waals surface area contributed by atoms with E-state index in [9.17, 15) is 4.79 Å². The summed E-state index contributed by atoms with van der Waals surface area (Å²) in [6.45, 7) is 4.87. The number of aryl methyl sites for hydroxylation is 1. The van der Waals surface area contributed by atoms with Crippen LogP contribution in [-0.4, -0.2) is 22.0 Å². The number of carbonyl (C=O) groups is 1. The van der Waals surface area contributed by atoms with Gasteiger partial charge in [0.2, 0.25) is 0 Å². The first kappa shape index (κ1) is 13.3. The van der Waals surface area contributed by atoms with Gasteiger partial charge < -0.3 is 10.4 Å². The molecule has 0 aromatic carbocycles. The summed E-state index contributed by atoms with van der Waals surface area (Å²) in [6, 6.07) is 0. The van der Waals surface area contributed by atoms with E-state index in [1.807, 2.05) is 0 Å². The lowest BCUT2D eigenvalue weighted by Crippen LogP contribution is -2.29. The standard InChI is InChI=1S/C13H20N2O2S/c1-9-10(12(16)17)11(18-15-9)14-8-13(2)6-4-3-5-7-13/h14H,3-8H2,1-2H3,(H,16,17). The largest absolute Gasteiger partial charge is 0.478 e. The van der Waals surface area contributed by atoms with Crippen molar-refractivity contribution in [2.75, 3.05) is 11.9 Å². The lowest BCUT2D eigenvalue weighted by molar-refractivity contribution is 0.0697.